The second-order valence-corrected chi connectivity index (χ2v) is 5.58. The predicted molar refractivity (Wildman–Crippen MR) is 63.8 cm³/mol. The highest BCUT2D eigenvalue weighted by Gasteiger charge is 2.37. The van der Waals surface area contributed by atoms with Crippen LogP contribution in [0.15, 0.2) is 6.20 Å². The summed E-state index contributed by atoms with van der Waals surface area (Å²) >= 11 is 0. The van der Waals surface area contributed by atoms with Gasteiger partial charge in [-0.15, -0.1) is 5.10 Å². The van der Waals surface area contributed by atoms with Crippen LogP contribution in [0.2, 0.25) is 0 Å². The van der Waals surface area contributed by atoms with Crippen LogP contribution in [0.4, 0.5) is 0 Å². The van der Waals surface area contributed by atoms with Gasteiger partial charge >= 0.3 is 0 Å². The zero-order valence-electron chi connectivity index (χ0n) is 10.5. The number of nitrogens with zero attached hydrogens (tertiary/aromatic N) is 3. The molecular weight excluding hydrogens is 200 g/mol. The summed E-state index contributed by atoms with van der Waals surface area (Å²) < 4.78 is 1.75. The highest BCUT2D eigenvalue weighted by Crippen LogP contribution is 2.36. The first-order chi connectivity index (χ1) is 7.49. The van der Waals surface area contributed by atoms with Gasteiger partial charge in [-0.05, 0) is 24.7 Å². The van der Waals surface area contributed by atoms with Gasteiger partial charge in [0.1, 0.15) is 0 Å². The summed E-state index contributed by atoms with van der Waals surface area (Å²) in [6.07, 6.45) is 6.47. The van der Waals surface area contributed by atoms with Gasteiger partial charge in [0.2, 0.25) is 0 Å². The molecule has 2 rings (SSSR count). The molecule has 0 radical (unpaired) electrons. The van der Waals surface area contributed by atoms with Gasteiger partial charge < -0.3 is 5.73 Å². The van der Waals surface area contributed by atoms with E-state index in [1.807, 2.05) is 13.2 Å². The first kappa shape index (κ1) is 11.6. The lowest BCUT2D eigenvalue weighted by Crippen LogP contribution is -2.51. The number of hydrogen-bond donors (Lipinski definition) is 1. The summed E-state index contributed by atoms with van der Waals surface area (Å²) in [4.78, 5) is 0. The quantitative estimate of drug-likeness (QED) is 0.825. The summed E-state index contributed by atoms with van der Waals surface area (Å²) in [7, 11) is 1.90. The average Bonchev–Trinajstić information content (AvgIpc) is 2.58. The Balaban J connectivity index is 2.11. The Labute approximate surface area is 97.2 Å². The molecule has 0 bridgehead atoms. The molecule has 3 unspecified atom stereocenters. The third-order valence-electron chi connectivity index (χ3n) is 3.96. The molecule has 1 aromatic rings. The molecular formula is C12H22N4. The number of hydrogen-bond acceptors (Lipinski definition) is 3. The number of aryl methyl sites for hydroxylation is 1. The SMILES string of the molecule is CC1CCC(C)C(N)(Cc2cn(C)nn2)C1. The van der Waals surface area contributed by atoms with Crippen LogP contribution in [0.5, 0.6) is 0 Å². The standard InChI is InChI=1S/C12H22N4/c1-9-4-5-10(2)12(13,6-9)7-11-8-16(3)15-14-11/h8-10H,4-7,13H2,1-3H3. The maximum Gasteiger partial charge on any atom is 0.0845 e. The Hall–Kier alpha value is -0.900. The van der Waals surface area contributed by atoms with Crippen molar-refractivity contribution in [2.75, 3.05) is 0 Å². The van der Waals surface area contributed by atoms with Crippen LogP contribution < -0.4 is 5.73 Å². The molecule has 0 aliphatic heterocycles. The van der Waals surface area contributed by atoms with Gasteiger partial charge in [0.05, 0.1) is 5.69 Å². The molecule has 0 saturated heterocycles. The molecule has 16 heavy (non-hydrogen) atoms. The molecule has 4 nitrogen and oxygen atoms in total. The van der Waals surface area contributed by atoms with Crippen molar-refractivity contribution in [1.82, 2.24) is 15.0 Å². The maximum absolute atomic E-state index is 6.56. The fourth-order valence-corrected chi connectivity index (χ4v) is 2.83. The molecule has 0 amide bonds. The van der Waals surface area contributed by atoms with Gasteiger partial charge in [0, 0.05) is 25.2 Å². The van der Waals surface area contributed by atoms with Gasteiger partial charge in [-0.1, -0.05) is 25.5 Å². The molecule has 1 aliphatic carbocycles. The van der Waals surface area contributed by atoms with Gasteiger partial charge in [-0.3, -0.25) is 4.68 Å². The zero-order chi connectivity index (χ0) is 11.8. The molecule has 90 valence electrons. The van der Waals surface area contributed by atoms with Crippen LogP contribution in [0.1, 0.15) is 38.8 Å². The van der Waals surface area contributed by atoms with E-state index < -0.39 is 0 Å². The molecule has 1 aliphatic rings. The van der Waals surface area contributed by atoms with E-state index in [1.165, 1.54) is 12.8 Å². The molecule has 3 atom stereocenters. The Morgan fingerprint density at radius 3 is 2.88 bits per heavy atom. The predicted octanol–water partition coefficient (Wildman–Crippen LogP) is 1.51. The summed E-state index contributed by atoms with van der Waals surface area (Å²) in [5.74, 6) is 1.31. The Kier molecular flexibility index (Phi) is 3.02. The monoisotopic (exact) mass is 222 g/mol. The summed E-state index contributed by atoms with van der Waals surface area (Å²) in [5, 5.41) is 8.12. The van der Waals surface area contributed by atoms with Gasteiger partial charge in [-0.2, -0.15) is 0 Å². The van der Waals surface area contributed by atoms with Crippen LogP contribution in [0.25, 0.3) is 0 Å². The average molecular weight is 222 g/mol. The third-order valence-corrected chi connectivity index (χ3v) is 3.96. The topological polar surface area (TPSA) is 56.7 Å². The molecule has 1 heterocycles. The first-order valence-corrected chi connectivity index (χ1v) is 6.14. The first-order valence-electron chi connectivity index (χ1n) is 6.14. The second-order valence-electron chi connectivity index (χ2n) is 5.58. The van der Waals surface area contributed by atoms with Crippen LogP contribution in [-0.2, 0) is 13.5 Å². The normalized spacial score (nSPS) is 35.2. The molecule has 2 N–H and O–H groups in total. The highest BCUT2D eigenvalue weighted by atomic mass is 15.4. The largest absolute Gasteiger partial charge is 0.324 e. The number of rotatable bonds is 2. The Morgan fingerprint density at radius 2 is 2.25 bits per heavy atom. The van der Waals surface area contributed by atoms with E-state index in [-0.39, 0.29) is 5.54 Å². The fraction of sp³-hybridized carbons (Fsp3) is 0.833. The van der Waals surface area contributed by atoms with E-state index in [9.17, 15) is 0 Å². The van der Waals surface area contributed by atoms with Crippen LogP contribution in [0.3, 0.4) is 0 Å². The van der Waals surface area contributed by atoms with Gasteiger partial charge in [0.25, 0.3) is 0 Å². The van der Waals surface area contributed by atoms with Gasteiger partial charge in [0.15, 0.2) is 0 Å². The van der Waals surface area contributed by atoms with E-state index >= 15 is 0 Å². The number of nitrogens with two attached hydrogens (primary N) is 1. The van der Waals surface area contributed by atoms with E-state index in [0.717, 1.165) is 24.5 Å². The van der Waals surface area contributed by atoms with E-state index in [2.05, 4.69) is 24.2 Å². The smallest absolute Gasteiger partial charge is 0.0845 e. The van der Waals surface area contributed by atoms with Crippen molar-refractivity contribution < 1.29 is 0 Å². The Bertz CT molecular complexity index is 360. The molecule has 1 aromatic heterocycles. The van der Waals surface area contributed by atoms with E-state index in [0.29, 0.717) is 5.92 Å². The number of aromatic nitrogens is 3. The van der Waals surface area contributed by atoms with Crippen molar-refractivity contribution in [1.29, 1.82) is 0 Å². The zero-order valence-corrected chi connectivity index (χ0v) is 10.5. The van der Waals surface area contributed by atoms with Crippen LogP contribution in [0, 0.1) is 11.8 Å². The lowest BCUT2D eigenvalue weighted by atomic mass is 9.68. The molecule has 4 heteroatoms. The lowest BCUT2D eigenvalue weighted by molar-refractivity contribution is 0.160. The minimum atomic E-state index is -0.0896. The van der Waals surface area contributed by atoms with Crippen molar-refractivity contribution in [3.05, 3.63) is 11.9 Å². The van der Waals surface area contributed by atoms with Crippen molar-refractivity contribution in [3.8, 4) is 0 Å². The van der Waals surface area contributed by atoms with E-state index in [1.54, 1.807) is 4.68 Å². The molecule has 1 fully saturated rings. The van der Waals surface area contributed by atoms with Crippen molar-refractivity contribution in [2.45, 2.75) is 45.1 Å². The minimum absolute atomic E-state index is 0.0896. The van der Waals surface area contributed by atoms with Crippen LogP contribution >= 0.6 is 0 Å². The van der Waals surface area contributed by atoms with Crippen LogP contribution in [-0.4, -0.2) is 20.5 Å². The molecule has 0 aromatic carbocycles. The summed E-state index contributed by atoms with van der Waals surface area (Å²) in [6, 6.07) is 0. The third kappa shape index (κ3) is 2.26. The van der Waals surface area contributed by atoms with Crippen molar-refractivity contribution in [3.63, 3.8) is 0 Å². The maximum atomic E-state index is 6.56. The van der Waals surface area contributed by atoms with Crippen molar-refractivity contribution >= 4 is 0 Å². The highest BCUT2D eigenvalue weighted by molar-refractivity contribution is 5.05. The minimum Gasteiger partial charge on any atom is -0.324 e. The summed E-state index contributed by atoms with van der Waals surface area (Å²) in [6.45, 7) is 4.56. The molecule has 1 saturated carbocycles. The summed E-state index contributed by atoms with van der Waals surface area (Å²) in [5.41, 5.74) is 7.49. The molecule has 0 spiro atoms. The second kappa shape index (κ2) is 4.17. The van der Waals surface area contributed by atoms with E-state index in [4.69, 9.17) is 5.73 Å². The van der Waals surface area contributed by atoms with Gasteiger partial charge in [-0.25, -0.2) is 0 Å². The van der Waals surface area contributed by atoms with Crippen molar-refractivity contribution in [2.24, 2.45) is 24.6 Å². The lowest BCUT2D eigenvalue weighted by Gasteiger charge is -2.42. The fourth-order valence-electron chi connectivity index (χ4n) is 2.83. The Morgan fingerprint density at radius 1 is 1.50 bits per heavy atom.